The maximum Gasteiger partial charge on any atom is 0.299 e. The first kappa shape index (κ1) is 14.4. The average molecular weight is 287 g/mol. The molecule has 0 aromatic heterocycles. The van der Waals surface area contributed by atoms with E-state index in [2.05, 4.69) is 5.32 Å². The summed E-state index contributed by atoms with van der Waals surface area (Å²) < 4.78 is 0. The van der Waals surface area contributed by atoms with Gasteiger partial charge in [-0.25, -0.2) is 0 Å². The monoisotopic (exact) mass is 287 g/mol. The summed E-state index contributed by atoms with van der Waals surface area (Å²) in [6.07, 6.45) is 0. The van der Waals surface area contributed by atoms with Gasteiger partial charge in [0.25, 0.3) is 11.4 Å². The first-order valence-corrected chi connectivity index (χ1v) is 6.23. The van der Waals surface area contributed by atoms with Gasteiger partial charge < -0.3 is 5.32 Å². The summed E-state index contributed by atoms with van der Waals surface area (Å²) in [5, 5.41) is 24.8. The molecule has 0 amide bonds. The molecule has 0 aliphatic carbocycles. The molecule has 0 spiro atoms. The van der Waals surface area contributed by atoms with Crippen molar-refractivity contribution in [1.29, 1.82) is 0 Å². The lowest BCUT2D eigenvalue weighted by molar-refractivity contribution is -0.393. The van der Waals surface area contributed by atoms with Gasteiger partial charge in [-0.05, 0) is 18.6 Å². The summed E-state index contributed by atoms with van der Waals surface area (Å²) in [4.78, 5) is 20.5. The minimum absolute atomic E-state index is 0.161. The van der Waals surface area contributed by atoms with Crippen molar-refractivity contribution in [3.63, 3.8) is 0 Å². The third-order valence-electron chi connectivity index (χ3n) is 3.06. The van der Waals surface area contributed by atoms with Crippen molar-refractivity contribution in [2.24, 2.45) is 0 Å². The molecule has 0 saturated heterocycles. The van der Waals surface area contributed by atoms with Crippen LogP contribution in [-0.2, 0) is 0 Å². The van der Waals surface area contributed by atoms with Crippen LogP contribution >= 0.6 is 0 Å². The lowest BCUT2D eigenvalue weighted by atomic mass is 10.1. The van der Waals surface area contributed by atoms with Crippen molar-refractivity contribution < 1.29 is 9.85 Å². The normalized spacial score (nSPS) is 11.7. The van der Waals surface area contributed by atoms with E-state index in [1.54, 1.807) is 0 Å². The Labute approximate surface area is 120 Å². The van der Waals surface area contributed by atoms with E-state index in [9.17, 15) is 20.2 Å². The molecule has 0 aliphatic rings. The third-order valence-corrected chi connectivity index (χ3v) is 3.06. The molecule has 0 aliphatic heterocycles. The molecule has 108 valence electrons. The van der Waals surface area contributed by atoms with Crippen LogP contribution in [0.25, 0.3) is 0 Å². The first-order valence-electron chi connectivity index (χ1n) is 6.23. The van der Waals surface area contributed by atoms with E-state index in [0.29, 0.717) is 0 Å². The molecule has 2 aromatic rings. The Morgan fingerprint density at radius 3 is 2.24 bits per heavy atom. The van der Waals surface area contributed by atoms with Crippen LogP contribution in [0.2, 0.25) is 0 Å². The Morgan fingerprint density at radius 2 is 1.67 bits per heavy atom. The fraction of sp³-hybridized carbons (Fsp3) is 0.143. The van der Waals surface area contributed by atoms with Crippen molar-refractivity contribution in [1.82, 2.24) is 0 Å². The molecule has 2 aromatic carbocycles. The van der Waals surface area contributed by atoms with Crippen LogP contribution in [0.15, 0.2) is 48.5 Å². The topological polar surface area (TPSA) is 98.3 Å². The second kappa shape index (κ2) is 6.00. The molecule has 2 rings (SSSR count). The lowest BCUT2D eigenvalue weighted by Crippen LogP contribution is -2.08. The summed E-state index contributed by atoms with van der Waals surface area (Å²) in [5.41, 5.74) is 0.596. The highest BCUT2D eigenvalue weighted by Gasteiger charge is 2.20. The van der Waals surface area contributed by atoms with Crippen LogP contribution in [0.3, 0.4) is 0 Å². The van der Waals surface area contributed by atoms with Gasteiger partial charge in [0.15, 0.2) is 0 Å². The van der Waals surface area contributed by atoms with Gasteiger partial charge in [0, 0.05) is 12.1 Å². The number of hydrogen-bond acceptors (Lipinski definition) is 5. The zero-order valence-corrected chi connectivity index (χ0v) is 11.2. The van der Waals surface area contributed by atoms with Gasteiger partial charge in [-0.15, -0.1) is 0 Å². The number of hydrogen-bond donors (Lipinski definition) is 1. The Hall–Kier alpha value is -2.96. The van der Waals surface area contributed by atoms with Crippen LogP contribution in [0.1, 0.15) is 18.5 Å². The zero-order chi connectivity index (χ0) is 15.4. The van der Waals surface area contributed by atoms with Crippen molar-refractivity contribution in [3.05, 3.63) is 74.3 Å². The Bertz CT molecular complexity index is 673. The minimum atomic E-state index is -0.655. The molecule has 0 heterocycles. The third kappa shape index (κ3) is 3.33. The second-order valence-corrected chi connectivity index (χ2v) is 4.49. The van der Waals surface area contributed by atoms with E-state index >= 15 is 0 Å². The predicted molar refractivity (Wildman–Crippen MR) is 78.2 cm³/mol. The van der Waals surface area contributed by atoms with Crippen LogP contribution in [0, 0.1) is 20.2 Å². The molecule has 1 N–H and O–H groups in total. The molecule has 7 heteroatoms. The number of nitrogens with one attached hydrogen (secondary N) is 1. The second-order valence-electron chi connectivity index (χ2n) is 4.49. The van der Waals surface area contributed by atoms with Crippen molar-refractivity contribution in [2.75, 3.05) is 5.32 Å². The largest absolute Gasteiger partial charge is 0.373 e. The van der Waals surface area contributed by atoms with E-state index in [1.165, 1.54) is 12.1 Å². The van der Waals surface area contributed by atoms with Gasteiger partial charge >= 0.3 is 0 Å². The molecule has 0 saturated carbocycles. The van der Waals surface area contributed by atoms with E-state index in [-0.39, 0.29) is 23.1 Å². The standard InChI is InChI=1S/C14H13N3O4/c1-10(11-5-3-2-4-6-11)15-13-8-7-12(16(18)19)9-14(13)17(20)21/h2-10,15H,1H3. The molecule has 0 bridgehead atoms. The quantitative estimate of drug-likeness (QED) is 0.668. The molecule has 0 fully saturated rings. The van der Waals surface area contributed by atoms with Gasteiger partial charge in [-0.2, -0.15) is 0 Å². The Balaban J connectivity index is 2.31. The number of non-ortho nitro benzene ring substituents is 1. The summed E-state index contributed by atoms with van der Waals surface area (Å²) in [6.45, 7) is 1.86. The minimum Gasteiger partial charge on any atom is -0.373 e. The maximum atomic E-state index is 11.1. The molecule has 7 nitrogen and oxygen atoms in total. The molecule has 1 atom stereocenters. The van der Waals surface area contributed by atoms with Gasteiger partial charge in [0.1, 0.15) is 5.69 Å². The molecule has 0 radical (unpaired) electrons. The Kier molecular flexibility index (Phi) is 4.13. The van der Waals surface area contributed by atoms with Crippen LogP contribution in [0.4, 0.5) is 17.1 Å². The van der Waals surface area contributed by atoms with Crippen LogP contribution in [-0.4, -0.2) is 9.85 Å². The fourth-order valence-electron chi connectivity index (χ4n) is 1.97. The van der Waals surface area contributed by atoms with Crippen LogP contribution < -0.4 is 5.32 Å². The zero-order valence-electron chi connectivity index (χ0n) is 11.2. The number of benzene rings is 2. The first-order chi connectivity index (χ1) is 9.99. The molecular weight excluding hydrogens is 274 g/mol. The molecule has 1 unspecified atom stereocenters. The predicted octanol–water partition coefficient (Wildman–Crippen LogP) is 3.68. The number of anilines is 1. The summed E-state index contributed by atoms with van der Waals surface area (Å²) >= 11 is 0. The van der Waals surface area contributed by atoms with Gasteiger partial charge in [0.2, 0.25) is 0 Å². The SMILES string of the molecule is CC(Nc1ccc([N+](=O)[O-])cc1[N+](=O)[O-])c1ccccc1. The highest BCUT2D eigenvalue weighted by molar-refractivity contribution is 5.65. The van der Waals surface area contributed by atoms with Gasteiger partial charge in [0.05, 0.1) is 15.9 Å². The molecule has 21 heavy (non-hydrogen) atoms. The average Bonchev–Trinajstić information content (AvgIpc) is 2.48. The highest BCUT2D eigenvalue weighted by Crippen LogP contribution is 2.31. The van der Waals surface area contributed by atoms with E-state index in [1.807, 2.05) is 37.3 Å². The van der Waals surface area contributed by atoms with Gasteiger partial charge in [-0.1, -0.05) is 30.3 Å². The van der Waals surface area contributed by atoms with Crippen molar-refractivity contribution in [2.45, 2.75) is 13.0 Å². The van der Waals surface area contributed by atoms with E-state index < -0.39 is 9.85 Å². The van der Waals surface area contributed by atoms with Crippen LogP contribution in [0.5, 0.6) is 0 Å². The smallest absolute Gasteiger partial charge is 0.299 e. The summed E-state index contributed by atoms with van der Waals surface area (Å²) in [5.74, 6) is 0. The van der Waals surface area contributed by atoms with Crippen molar-refractivity contribution in [3.8, 4) is 0 Å². The molecular formula is C14H13N3O4. The number of rotatable bonds is 5. The maximum absolute atomic E-state index is 11.1. The fourth-order valence-corrected chi connectivity index (χ4v) is 1.97. The lowest BCUT2D eigenvalue weighted by Gasteiger charge is -2.15. The number of nitrogens with zero attached hydrogens (tertiary/aromatic N) is 2. The highest BCUT2D eigenvalue weighted by atomic mass is 16.6. The van der Waals surface area contributed by atoms with Gasteiger partial charge in [-0.3, -0.25) is 20.2 Å². The number of nitro benzene ring substituents is 2. The summed E-state index contributed by atoms with van der Waals surface area (Å²) in [7, 11) is 0. The Morgan fingerprint density at radius 1 is 1.00 bits per heavy atom. The van der Waals surface area contributed by atoms with Crippen molar-refractivity contribution >= 4 is 17.1 Å². The summed E-state index contributed by atoms with van der Waals surface area (Å²) in [6, 6.07) is 12.8. The number of nitro groups is 2. The van der Waals surface area contributed by atoms with E-state index in [0.717, 1.165) is 11.6 Å². The van der Waals surface area contributed by atoms with E-state index in [4.69, 9.17) is 0 Å².